The molecule has 0 aliphatic rings. The number of hydrogen-bond donors (Lipinski definition) is 2. The standard InChI is InChI=1S/C19H20ClFN4OS/c1-11-17(25(2)24-18(11)20)13-8-16(27-10-13)19(26)23-15(9-22)7-12-4-3-5-14(21)6-12/h3-6,8,10,15H,7,9,22H2,1-2H3,(H,23,26). The van der Waals surface area contributed by atoms with Crippen molar-refractivity contribution in [3.8, 4) is 11.3 Å². The number of halogens is 2. The van der Waals surface area contributed by atoms with Gasteiger partial charge in [0.05, 0.1) is 10.6 Å². The minimum atomic E-state index is -0.303. The highest BCUT2D eigenvalue weighted by atomic mass is 35.5. The van der Waals surface area contributed by atoms with Gasteiger partial charge in [-0.15, -0.1) is 11.3 Å². The predicted octanol–water partition coefficient (Wildman–Crippen LogP) is 3.55. The molecule has 0 saturated carbocycles. The Bertz CT molecular complexity index is 969. The minimum Gasteiger partial charge on any atom is -0.347 e. The van der Waals surface area contributed by atoms with Crippen LogP contribution in [0.1, 0.15) is 20.8 Å². The summed E-state index contributed by atoms with van der Waals surface area (Å²) in [5, 5.41) is 9.47. The normalized spacial score (nSPS) is 12.2. The molecule has 0 radical (unpaired) electrons. The van der Waals surface area contributed by atoms with Gasteiger partial charge in [0.2, 0.25) is 0 Å². The van der Waals surface area contributed by atoms with Crippen molar-refractivity contribution in [2.75, 3.05) is 6.54 Å². The molecule has 3 aromatic rings. The van der Waals surface area contributed by atoms with Gasteiger partial charge in [-0.1, -0.05) is 23.7 Å². The van der Waals surface area contributed by atoms with Crippen LogP contribution >= 0.6 is 22.9 Å². The first-order chi connectivity index (χ1) is 12.9. The summed E-state index contributed by atoms with van der Waals surface area (Å²) in [4.78, 5) is 13.2. The lowest BCUT2D eigenvalue weighted by Gasteiger charge is -2.16. The smallest absolute Gasteiger partial charge is 0.261 e. The van der Waals surface area contributed by atoms with Gasteiger partial charge < -0.3 is 11.1 Å². The third-order valence-corrected chi connectivity index (χ3v) is 5.60. The van der Waals surface area contributed by atoms with E-state index in [9.17, 15) is 9.18 Å². The molecular formula is C19H20ClFN4OS. The number of nitrogens with one attached hydrogen (secondary N) is 1. The summed E-state index contributed by atoms with van der Waals surface area (Å²) >= 11 is 7.42. The van der Waals surface area contributed by atoms with Crippen LogP contribution in [0.3, 0.4) is 0 Å². The summed E-state index contributed by atoms with van der Waals surface area (Å²) in [6.45, 7) is 2.16. The Morgan fingerprint density at radius 3 is 2.85 bits per heavy atom. The highest BCUT2D eigenvalue weighted by molar-refractivity contribution is 7.12. The highest BCUT2D eigenvalue weighted by Crippen LogP contribution is 2.31. The van der Waals surface area contributed by atoms with E-state index in [2.05, 4.69) is 10.4 Å². The number of nitrogens with two attached hydrogens (primary N) is 1. The number of carbonyl (C=O) groups is 1. The summed E-state index contributed by atoms with van der Waals surface area (Å²) in [6, 6.07) is 7.84. The maximum absolute atomic E-state index is 13.3. The second-order valence-electron chi connectivity index (χ2n) is 6.33. The second kappa shape index (κ2) is 8.21. The molecule has 1 aromatic carbocycles. The lowest BCUT2D eigenvalue weighted by atomic mass is 10.1. The topological polar surface area (TPSA) is 72.9 Å². The number of carbonyl (C=O) groups excluding carboxylic acids is 1. The quantitative estimate of drug-likeness (QED) is 0.657. The van der Waals surface area contributed by atoms with Crippen molar-refractivity contribution in [1.29, 1.82) is 0 Å². The molecular weight excluding hydrogens is 387 g/mol. The lowest BCUT2D eigenvalue weighted by Crippen LogP contribution is -2.41. The Hall–Kier alpha value is -2.22. The summed E-state index contributed by atoms with van der Waals surface area (Å²) in [7, 11) is 1.81. The van der Waals surface area contributed by atoms with Crippen LogP contribution in [0.15, 0.2) is 35.7 Å². The molecule has 1 atom stereocenters. The zero-order valence-electron chi connectivity index (χ0n) is 15.0. The highest BCUT2D eigenvalue weighted by Gasteiger charge is 2.18. The van der Waals surface area contributed by atoms with Gasteiger partial charge in [-0.2, -0.15) is 5.10 Å². The molecule has 3 rings (SSSR count). The number of benzene rings is 1. The number of hydrogen-bond acceptors (Lipinski definition) is 4. The first kappa shape index (κ1) is 19.5. The Kier molecular flexibility index (Phi) is 5.94. The van der Waals surface area contributed by atoms with Crippen LogP contribution in [0, 0.1) is 12.7 Å². The van der Waals surface area contributed by atoms with Gasteiger partial charge >= 0.3 is 0 Å². The number of rotatable bonds is 6. The first-order valence-electron chi connectivity index (χ1n) is 8.42. The molecule has 2 heterocycles. The van der Waals surface area contributed by atoms with Crippen LogP contribution in [0.2, 0.25) is 5.15 Å². The van der Waals surface area contributed by atoms with Crippen LogP contribution in [0.5, 0.6) is 0 Å². The molecule has 1 amide bonds. The van der Waals surface area contributed by atoms with E-state index in [0.717, 1.165) is 22.4 Å². The Morgan fingerprint density at radius 2 is 2.22 bits per heavy atom. The Morgan fingerprint density at radius 1 is 1.44 bits per heavy atom. The summed E-state index contributed by atoms with van der Waals surface area (Å²) in [5.41, 5.74) is 9.22. The van der Waals surface area contributed by atoms with E-state index in [1.165, 1.54) is 23.5 Å². The maximum atomic E-state index is 13.3. The van der Waals surface area contributed by atoms with Gasteiger partial charge in [-0.25, -0.2) is 4.39 Å². The number of amides is 1. The van der Waals surface area contributed by atoms with Crippen molar-refractivity contribution < 1.29 is 9.18 Å². The van der Waals surface area contributed by atoms with Crippen LogP contribution < -0.4 is 11.1 Å². The molecule has 0 bridgehead atoms. The van der Waals surface area contributed by atoms with Crippen LogP contribution in [-0.2, 0) is 13.5 Å². The van der Waals surface area contributed by atoms with Crippen molar-refractivity contribution in [3.05, 3.63) is 62.7 Å². The molecule has 1 unspecified atom stereocenters. The molecule has 2 aromatic heterocycles. The van der Waals surface area contributed by atoms with Gasteiger partial charge in [0, 0.05) is 36.1 Å². The van der Waals surface area contributed by atoms with E-state index in [1.54, 1.807) is 10.7 Å². The van der Waals surface area contributed by atoms with Gasteiger partial charge in [-0.05, 0) is 37.1 Å². The first-order valence-corrected chi connectivity index (χ1v) is 9.68. The van der Waals surface area contributed by atoms with Crippen LogP contribution in [0.4, 0.5) is 4.39 Å². The molecule has 0 aliphatic carbocycles. The SMILES string of the molecule is Cc1c(Cl)nn(C)c1-c1csc(C(=O)NC(CN)Cc2cccc(F)c2)c1. The fourth-order valence-corrected chi connectivity index (χ4v) is 3.98. The number of nitrogens with zero attached hydrogens (tertiary/aromatic N) is 2. The zero-order chi connectivity index (χ0) is 19.6. The van der Waals surface area contributed by atoms with E-state index in [4.69, 9.17) is 17.3 Å². The number of aromatic nitrogens is 2. The second-order valence-corrected chi connectivity index (χ2v) is 7.60. The summed E-state index contributed by atoms with van der Waals surface area (Å²) < 4.78 is 15.0. The Balaban J connectivity index is 1.73. The minimum absolute atomic E-state index is 0.205. The summed E-state index contributed by atoms with van der Waals surface area (Å²) in [6.07, 6.45) is 0.467. The van der Waals surface area contributed by atoms with Gasteiger partial charge in [-0.3, -0.25) is 9.48 Å². The van der Waals surface area contributed by atoms with Crippen molar-refractivity contribution in [2.45, 2.75) is 19.4 Å². The van der Waals surface area contributed by atoms with Crippen molar-refractivity contribution in [2.24, 2.45) is 12.8 Å². The molecule has 0 fully saturated rings. The zero-order valence-corrected chi connectivity index (χ0v) is 16.6. The Labute approximate surface area is 166 Å². The van der Waals surface area contributed by atoms with E-state index in [-0.39, 0.29) is 24.3 Å². The van der Waals surface area contributed by atoms with Crippen molar-refractivity contribution >= 4 is 28.8 Å². The molecule has 0 aliphatic heterocycles. The molecule has 5 nitrogen and oxygen atoms in total. The molecule has 0 saturated heterocycles. The van der Waals surface area contributed by atoms with Crippen molar-refractivity contribution in [1.82, 2.24) is 15.1 Å². The van der Waals surface area contributed by atoms with Crippen molar-refractivity contribution in [3.63, 3.8) is 0 Å². The maximum Gasteiger partial charge on any atom is 0.261 e. The van der Waals surface area contributed by atoms with Crippen LogP contribution in [0.25, 0.3) is 11.3 Å². The number of aryl methyl sites for hydroxylation is 1. The monoisotopic (exact) mass is 406 g/mol. The van der Waals surface area contributed by atoms with Crippen LogP contribution in [-0.4, -0.2) is 28.3 Å². The predicted molar refractivity (Wildman–Crippen MR) is 107 cm³/mol. The third kappa shape index (κ3) is 4.37. The summed E-state index contributed by atoms with van der Waals surface area (Å²) in [5.74, 6) is -0.508. The largest absolute Gasteiger partial charge is 0.347 e. The van der Waals surface area contributed by atoms with Gasteiger partial charge in [0.25, 0.3) is 5.91 Å². The van der Waals surface area contributed by atoms with E-state index < -0.39 is 0 Å². The average molecular weight is 407 g/mol. The molecule has 142 valence electrons. The van der Waals surface area contributed by atoms with E-state index >= 15 is 0 Å². The number of thiophene rings is 1. The molecule has 27 heavy (non-hydrogen) atoms. The average Bonchev–Trinajstić information content (AvgIpc) is 3.19. The fourth-order valence-electron chi connectivity index (χ4n) is 2.98. The van der Waals surface area contributed by atoms with E-state index in [1.807, 2.05) is 31.5 Å². The molecule has 8 heteroatoms. The fraction of sp³-hybridized carbons (Fsp3) is 0.263. The molecule has 3 N–H and O–H groups in total. The van der Waals surface area contributed by atoms with Gasteiger partial charge in [0.15, 0.2) is 5.15 Å². The third-order valence-electron chi connectivity index (χ3n) is 4.31. The molecule has 0 spiro atoms. The lowest BCUT2D eigenvalue weighted by molar-refractivity contribution is 0.0942. The van der Waals surface area contributed by atoms with E-state index in [0.29, 0.717) is 16.5 Å². The van der Waals surface area contributed by atoms with Gasteiger partial charge in [0.1, 0.15) is 5.82 Å².